The van der Waals surface area contributed by atoms with Crippen molar-refractivity contribution in [3.63, 3.8) is 0 Å². The maximum atomic E-state index is 14.6. The third-order valence-corrected chi connectivity index (χ3v) is 3.38. The number of rotatable bonds is 1. The zero-order valence-corrected chi connectivity index (χ0v) is 9.61. The van der Waals surface area contributed by atoms with Crippen LogP contribution in [0, 0.1) is 5.82 Å². The van der Waals surface area contributed by atoms with Gasteiger partial charge in [0.2, 0.25) is 0 Å². The van der Waals surface area contributed by atoms with E-state index < -0.39 is 11.5 Å². The van der Waals surface area contributed by atoms with Crippen molar-refractivity contribution in [2.24, 2.45) is 5.73 Å². The highest BCUT2D eigenvalue weighted by molar-refractivity contribution is 6.30. The Kier molecular flexibility index (Phi) is 3.17. The van der Waals surface area contributed by atoms with Gasteiger partial charge in [-0.25, -0.2) is 8.78 Å². The van der Waals surface area contributed by atoms with Crippen molar-refractivity contribution in [1.82, 2.24) is 0 Å². The number of hydrogen-bond acceptors (Lipinski definition) is 1. The summed E-state index contributed by atoms with van der Waals surface area (Å²) in [6.45, 7) is 0. The molecule has 0 bridgehead atoms. The molecule has 88 valence electrons. The Morgan fingerprint density at radius 2 is 2.19 bits per heavy atom. The molecule has 1 fully saturated rings. The number of nitrogens with two attached hydrogens (primary N) is 1. The molecular formula is C12H14ClF2N. The zero-order valence-electron chi connectivity index (χ0n) is 8.85. The van der Waals surface area contributed by atoms with E-state index in [4.69, 9.17) is 17.3 Å². The smallest absolute Gasteiger partial charge is 0.140 e. The van der Waals surface area contributed by atoms with E-state index in [1.165, 1.54) is 12.1 Å². The van der Waals surface area contributed by atoms with Crippen molar-refractivity contribution in [2.75, 3.05) is 0 Å². The highest BCUT2D eigenvalue weighted by Crippen LogP contribution is 2.41. The van der Waals surface area contributed by atoms with Gasteiger partial charge in [-0.15, -0.1) is 0 Å². The fourth-order valence-electron chi connectivity index (χ4n) is 2.36. The molecule has 0 aliphatic heterocycles. The summed E-state index contributed by atoms with van der Waals surface area (Å²) in [4.78, 5) is 0. The molecule has 2 atom stereocenters. The molecule has 1 aromatic rings. The molecule has 1 aromatic carbocycles. The summed E-state index contributed by atoms with van der Waals surface area (Å²) < 4.78 is 28.2. The van der Waals surface area contributed by atoms with Gasteiger partial charge in [-0.3, -0.25) is 0 Å². The standard InChI is InChI=1S/C12H14ClF2N/c13-8-3-4-10(11(14)6-8)12(15)5-1-2-9(16)7-12/h3-4,6,9H,1-2,5,7,16H2. The van der Waals surface area contributed by atoms with Gasteiger partial charge in [0, 0.05) is 23.0 Å². The predicted molar refractivity (Wildman–Crippen MR) is 60.6 cm³/mol. The van der Waals surface area contributed by atoms with Crippen LogP contribution in [0.5, 0.6) is 0 Å². The third kappa shape index (κ3) is 2.20. The largest absolute Gasteiger partial charge is 0.328 e. The van der Waals surface area contributed by atoms with E-state index in [1.807, 2.05) is 0 Å². The molecular weight excluding hydrogens is 232 g/mol. The lowest BCUT2D eigenvalue weighted by atomic mass is 9.79. The van der Waals surface area contributed by atoms with Crippen LogP contribution in [0.1, 0.15) is 31.2 Å². The Morgan fingerprint density at radius 3 is 2.81 bits per heavy atom. The molecule has 0 radical (unpaired) electrons. The average molecular weight is 246 g/mol. The van der Waals surface area contributed by atoms with Crippen molar-refractivity contribution in [1.29, 1.82) is 0 Å². The molecule has 1 aliphatic rings. The monoisotopic (exact) mass is 245 g/mol. The van der Waals surface area contributed by atoms with Gasteiger partial charge in [0.15, 0.2) is 0 Å². The van der Waals surface area contributed by atoms with Crippen molar-refractivity contribution in [2.45, 2.75) is 37.4 Å². The molecule has 2 unspecified atom stereocenters. The molecule has 0 heterocycles. The van der Waals surface area contributed by atoms with Crippen molar-refractivity contribution < 1.29 is 8.78 Å². The van der Waals surface area contributed by atoms with Crippen molar-refractivity contribution >= 4 is 11.6 Å². The summed E-state index contributed by atoms with van der Waals surface area (Å²) in [6, 6.07) is 3.91. The first-order valence-electron chi connectivity index (χ1n) is 5.41. The Balaban J connectivity index is 2.34. The summed E-state index contributed by atoms with van der Waals surface area (Å²) in [7, 11) is 0. The van der Waals surface area contributed by atoms with Crippen LogP contribution in [0.15, 0.2) is 18.2 Å². The van der Waals surface area contributed by atoms with E-state index in [1.54, 1.807) is 0 Å². The molecule has 4 heteroatoms. The second-order valence-electron chi connectivity index (χ2n) is 4.45. The number of hydrogen-bond donors (Lipinski definition) is 1. The first-order chi connectivity index (χ1) is 7.51. The van der Waals surface area contributed by atoms with Gasteiger partial charge in [0.25, 0.3) is 0 Å². The molecule has 2 N–H and O–H groups in total. The summed E-state index contributed by atoms with van der Waals surface area (Å²) in [5.41, 5.74) is 4.20. The van der Waals surface area contributed by atoms with Gasteiger partial charge < -0.3 is 5.73 Å². The van der Waals surface area contributed by atoms with Crippen LogP contribution in [0.4, 0.5) is 8.78 Å². The normalized spacial score (nSPS) is 30.4. The van der Waals surface area contributed by atoms with Gasteiger partial charge in [-0.2, -0.15) is 0 Å². The quantitative estimate of drug-likeness (QED) is 0.805. The zero-order chi connectivity index (χ0) is 11.8. The molecule has 0 spiro atoms. The number of alkyl halides is 1. The Morgan fingerprint density at radius 1 is 1.44 bits per heavy atom. The van der Waals surface area contributed by atoms with Crippen LogP contribution >= 0.6 is 11.6 Å². The lowest BCUT2D eigenvalue weighted by Crippen LogP contribution is -2.36. The molecule has 16 heavy (non-hydrogen) atoms. The minimum Gasteiger partial charge on any atom is -0.328 e. The Hall–Kier alpha value is -0.670. The highest BCUT2D eigenvalue weighted by atomic mass is 35.5. The molecule has 2 rings (SSSR count). The van der Waals surface area contributed by atoms with Crippen molar-refractivity contribution in [3.05, 3.63) is 34.6 Å². The van der Waals surface area contributed by atoms with Crippen LogP contribution < -0.4 is 5.73 Å². The minimum atomic E-state index is -1.63. The van der Waals surface area contributed by atoms with E-state index in [9.17, 15) is 8.78 Å². The van der Waals surface area contributed by atoms with E-state index >= 15 is 0 Å². The summed E-state index contributed by atoms with van der Waals surface area (Å²) >= 11 is 5.64. The lowest BCUT2D eigenvalue weighted by Gasteiger charge is -2.33. The Bertz CT molecular complexity index is 397. The maximum absolute atomic E-state index is 14.6. The predicted octanol–water partition coefficient (Wildman–Crippen LogP) is 3.55. The highest BCUT2D eigenvalue weighted by Gasteiger charge is 2.38. The third-order valence-electron chi connectivity index (χ3n) is 3.15. The SMILES string of the molecule is NC1CCCC(F)(c2ccc(Cl)cc2F)C1. The molecule has 0 amide bonds. The molecule has 0 saturated heterocycles. The number of benzene rings is 1. The van der Waals surface area contributed by atoms with Gasteiger partial charge in [-0.05, 0) is 31.4 Å². The van der Waals surface area contributed by atoms with Crippen LogP contribution in [-0.2, 0) is 5.67 Å². The van der Waals surface area contributed by atoms with Gasteiger partial charge in [0.1, 0.15) is 11.5 Å². The van der Waals surface area contributed by atoms with E-state index in [0.717, 1.165) is 12.5 Å². The number of halogens is 3. The van der Waals surface area contributed by atoms with Crippen LogP contribution in [0.2, 0.25) is 5.02 Å². The molecule has 1 saturated carbocycles. The van der Waals surface area contributed by atoms with E-state index in [0.29, 0.717) is 12.8 Å². The lowest BCUT2D eigenvalue weighted by molar-refractivity contribution is 0.0905. The summed E-state index contributed by atoms with van der Waals surface area (Å²) in [5, 5.41) is 0.282. The van der Waals surface area contributed by atoms with E-state index in [-0.39, 0.29) is 23.0 Å². The summed E-state index contributed by atoms with van der Waals surface area (Å²) in [6.07, 6.45) is 2.02. The van der Waals surface area contributed by atoms with E-state index in [2.05, 4.69) is 0 Å². The van der Waals surface area contributed by atoms with Gasteiger partial charge in [0.05, 0.1) is 0 Å². The fraction of sp³-hybridized carbons (Fsp3) is 0.500. The molecule has 1 aliphatic carbocycles. The molecule has 0 aromatic heterocycles. The fourth-order valence-corrected chi connectivity index (χ4v) is 2.52. The second-order valence-corrected chi connectivity index (χ2v) is 4.88. The van der Waals surface area contributed by atoms with Gasteiger partial charge in [-0.1, -0.05) is 17.7 Å². The first kappa shape index (κ1) is 11.8. The average Bonchev–Trinajstić information content (AvgIpc) is 2.16. The molecule has 1 nitrogen and oxygen atoms in total. The van der Waals surface area contributed by atoms with Crippen LogP contribution in [0.25, 0.3) is 0 Å². The van der Waals surface area contributed by atoms with Crippen LogP contribution in [-0.4, -0.2) is 6.04 Å². The maximum Gasteiger partial charge on any atom is 0.140 e. The van der Waals surface area contributed by atoms with Crippen LogP contribution in [0.3, 0.4) is 0 Å². The second kappa shape index (κ2) is 4.30. The Labute approximate surface area is 98.6 Å². The summed E-state index contributed by atoms with van der Waals surface area (Å²) in [5.74, 6) is -0.580. The van der Waals surface area contributed by atoms with Crippen molar-refractivity contribution in [3.8, 4) is 0 Å². The topological polar surface area (TPSA) is 26.0 Å². The first-order valence-corrected chi connectivity index (χ1v) is 5.79. The van der Waals surface area contributed by atoms with Gasteiger partial charge >= 0.3 is 0 Å². The minimum absolute atomic E-state index is 0.0899.